The van der Waals surface area contributed by atoms with Crippen LogP contribution >= 0.6 is 0 Å². The third-order valence-electron chi connectivity index (χ3n) is 4.18. The lowest BCUT2D eigenvalue weighted by Crippen LogP contribution is -2.44. The van der Waals surface area contributed by atoms with Crippen LogP contribution in [0.3, 0.4) is 0 Å². The third-order valence-corrected chi connectivity index (χ3v) is 4.18. The molecule has 0 aromatic heterocycles. The van der Waals surface area contributed by atoms with Crippen LogP contribution in [0.4, 0.5) is 5.69 Å². The van der Waals surface area contributed by atoms with Gasteiger partial charge in [-0.2, -0.15) is 0 Å². The van der Waals surface area contributed by atoms with Crippen molar-refractivity contribution in [3.8, 4) is 0 Å². The number of anilines is 1. The van der Waals surface area contributed by atoms with E-state index in [1.54, 1.807) is 0 Å². The molecule has 1 saturated heterocycles. The maximum atomic E-state index is 5.92. The first kappa shape index (κ1) is 12.0. The van der Waals surface area contributed by atoms with Gasteiger partial charge in [-0.05, 0) is 49.1 Å². The molecule has 18 heavy (non-hydrogen) atoms. The zero-order valence-electron chi connectivity index (χ0n) is 11.2. The van der Waals surface area contributed by atoms with Crippen molar-refractivity contribution >= 4 is 5.69 Å². The fourth-order valence-electron chi connectivity index (χ4n) is 2.78. The second kappa shape index (κ2) is 4.90. The van der Waals surface area contributed by atoms with Crippen LogP contribution < -0.4 is 5.73 Å². The molecule has 2 aliphatic rings. The highest BCUT2D eigenvalue weighted by molar-refractivity contribution is 5.47. The number of rotatable bonds is 3. The molecule has 0 bridgehead atoms. The topological polar surface area (TPSA) is 32.5 Å². The quantitative estimate of drug-likeness (QED) is 0.826. The Morgan fingerprint density at radius 3 is 2.56 bits per heavy atom. The van der Waals surface area contributed by atoms with E-state index in [1.165, 1.54) is 50.1 Å². The molecule has 3 nitrogen and oxygen atoms in total. The van der Waals surface area contributed by atoms with E-state index < -0.39 is 0 Å². The lowest BCUT2D eigenvalue weighted by atomic mass is 10.0. The maximum absolute atomic E-state index is 5.92. The molecule has 3 heteroatoms. The molecule has 98 valence electrons. The van der Waals surface area contributed by atoms with Crippen LogP contribution in [-0.4, -0.2) is 43.0 Å². The Hall–Kier alpha value is -1.06. The van der Waals surface area contributed by atoms with Crippen LogP contribution in [0.15, 0.2) is 18.2 Å². The molecule has 0 amide bonds. The summed E-state index contributed by atoms with van der Waals surface area (Å²) in [7, 11) is 2.20. The summed E-state index contributed by atoms with van der Waals surface area (Å²) in [4.78, 5) is 4.97. The normalized spacial score (nSPS) is 22.3. The standard InChI is InChI=1S/C15H23N3/c1-17-6-8-18(9-7-17)11-13-4-5-14(16)10-15(13)12-2-3-12/h4-5,10,12H,2-3,6-9,11,16H2,1H3. The van der Waals surface area contributed by atoms with E-state index in [-0.39, 0.29) is 0 Å². The number of piperazine rings is 1. The first-order chi connectivity index (χ1) is 8.72. The Kier molecular flexibility index (Phi) is 3.27. The first-order valence-corrected chi connectivity index (χ1v) is 7.01. The first-order valence-electron chi connectivity index (χ1n) is 7.01. The second-order valence-corrected chi connectivity index (χ2v) is 5.81. The molecule has 0 spiro atoms. The zero-order valence-corrected chi connectivity index (χ0v) is 11.2. The van der Waals surface area contributed by atoms with E-state index >= 15 is 0 Å². The summed E-state index contributed by atoms with van der Waals surface area (Å²) in [5, 5.41) is 0. The van der Waals surface area contributed by atoms with Gasteiger partial charge >= 0.3 is 0 Å². The fourth-order valence-corrected chi connectivity index (χ4v) is 2.78. The number of hydrogen-bond donors (Lipinski definition) is 1. The van der Waals surface area contributed by atoms with Gasteiger partial charge in [0.1, 0.15) is 0 Å². The minimum absolute atomic E-state index is 0.788. The molecule has 1 aliphatic carbocycles. The molecule has 0 unspecified atom stereocenters. The highest BCUT2D eigenvalue weighted by Crippen LogP contribution is 2.42. The minimum Gasteiger partial charge on any atom is -0.399 e. The van der Waals surface area contributed by atoms with Crippen LogP contribution in [-0.2, 0) is 6.54 Å². The van der Waals surface area contributed by atoms with Gasteiger partial charge in [0.2, 0.25) is 0 Å². The smallest absolute Gasteiger partial charge is 0.0317 e. The molecule has 0 atom stereocenters. The van der Waals surface area contributed by atoms with Gasteiger partial charge in [-0.3, -0.25) is 4.90 Å². The molecular formula is C15H23N3. The Bertz CT molecular complexity index is 418. The van der Waals surface area contributed by atoms with Crippen LogP contribution in [0.5, 0.6) is 0 Å². The highest BCUT2D eigenvalue weighted by Gasteiger charge is 2.27. The van der Waals surface area contributed by atoms with E-state index in [2.05, 4.69) is 35.0 Å². The predicted molar refractivity (Wildman–Crippen MR) is 75.6 cm³/mol. The number of benzene rings is 1. The Morgan fingerprint density at radius 1 is 1.17 bits per heavy atom. The summed E-state index contributed by atoms with van der Waals surface area (Å²) in [6.45, 7) is 5.84. The third kappa shape index (κ3) is 2.68. The average molecular weight is 245 g/mol. The van der Waals surface area contributed by atoms with Gasteiger partial charge in [-0.15, -0.1) is 0 Å². The van der Waals surface area contributed by atoms with Gasteiger partial charge in [-0.1, -0.05) is 6.07 Å². The average Bonchev–Trinajstić information content (AvgIpc) is 3.18. The summed E-state index contributed by atoms with van der Waals surface area (Å²) in [6, 6.07) is 6.49. The van der Waals surface area contributed by atoms with Crippen molar-refractivity contribution < 1.29 is 0 Å². The van der Waals surface area contributed by atoms with Gasteiger partial charge in [0, 0.05) is 38.4 Å². The molecule has 3 rings (SSSR count). The van der Waals surface area contributed by atoms with Gasteiger partial charge in [0.25, 0.3) is 0 Å². The minimum atomic E-state index is 0.788. The Labute approximate surface area is 110 Å². The van der Waals surface area contributed by atoms with Crippen molar-refractivity contribution in [2.75, 3.05) is 39.0 Å². The van der Waals surface area contributed by atoms with E-state index in [9.17, 15) is 0 Å². The summed E-state index contributed by atoms with van der Waals surface area (Å²) >= 11 is 0. The van der Waals surface area contributed by atoms with Crippen LogP contribution in [0, 0.1) is 0 Å². The van der Waals surface area contributed by atoms with E-state index in [4.69, 9.17) is 5.73 Å². The maximum Gasteiger partial charge on any atom is 0.0317 e. The molecule has 1 aliphatic heterocycles. The molecule has 1 aromatic carbocycles. The molecule has 1 aromatic rings. The van der Waals surface area contributed by atoms with Gasteiger partial charge in [0.05, 0.1) is 0 Å². The summed E-state index contributed by atoms with van der Waals surface area (Å²) in [5.41, 5.74) is 9.84. The number of nitrogen functional groups attached to an aromatic ring is 1. The van der Waals surface area contributed by atoms with Gasteiger partial charge in [-0.25, -0.2) is 0 Å². The Balaban J connectivity index is 1.72. The summed E-state index contributed by atoms with van der Waals surface area (Å²) in [5.74, 6) is 0.788. The largest absolute Gasteiger partial charge is 0.399 e. The number of nitrogens with zero attached hydrogens (tertiary/aromatic N) is 2. The van der Waals surface area contributed by atoms with Crippen molar-refractivity contribution in [2.24, 2.45) is 0 Å². The SMILES string of the molecule is CN1CCN(Cc2ccc(N)cc2C2CC2)CC1. The zero-order chi connectivity index (χ0) is 12.5. The van der Waals surface area contributed by atoms with Gasteiger partial charge < -0.3 is 10.6 Å². The lowest BCUT2D eigenvalue weighted by molar-refractivity contribution is 0.148. The molecule has 0 radical (unpaired) electrons. The van der Waals surface area contributed by atoms with E-state index in [0.29, 0.717) is 0 Å². The number of hydrogen-bond acceptors (Lipinski definition) is 3. The van der Waals surface area contributed by atoms with E-state index in [1.807, 2.05) is 0 Å². The van der Waals surface area contributed by atoms with Crippen molar-refractivity contribution in [1.82, 2.24) is 9.80 Å². The van der Waals surface area contributed by atoms with Crippen molar-refractivity contribution in [1.29, 1.82) is 0 Å². The summed E-state index contributed by atoms with van der Waals surface area (Å²) in [6.07, 6.45) is 2.69. The van der Waals surface area contributed by atoms with Crippen LogP contribution in [0.2, 0.25) is 0 Å². The van der Waals surface area contributed by atoms with Crippen molar-refractivity contribution in [3.63, 3.8) is 0 Å². The lowest BCUT2D eigenvalue weighted by Gasteiger charge is -2.32. The summed E-state index contributed by atoms with van der Waals surface area (Å²) < 4.78 is 0. The molecule has 1 heterocycles. The highest BCUT2D eigenvalue weighted by atomic mass is 15.2. The van der Waals surface area contributed by atoms with Crippen LogP contribution in [0.1, 0.15) is 29.9 Å². The molecule has 2 fully saturated rings. The van der Waals surface area contributed by atoms with Crippen LogP contribution in [0.25, 0.3) is 0 Å². The monoisotopic (exact) mass is 245 g/mol. The second-order valence-electron chi connectivity index (χ2n) is 5.81. The van der Waals surface area contributed by atoms with Crippen molar-refractivity contribution in [3.05, 3.63) is 29.3 Å². The predicted octanol–water partition coefficient (Wildman–Crippen LogP) is 1.89. The molecular weight excluding hydrogens is 222 g/mol. The van der Waals surface area contributed by atoms with E-state index in [0.717, 1.165) is 18.2 Å². The number of likely N-dealkylation sites (N-methyl/N-ethyl adjacent to an activating group) is 1. The molecule has 2 N–H and O–H groups in total. The van der Waals surface area contributed by atoms with Crippen molar-refractivity contribution in [2.45, 2.75) is 25.3 Å². The number of nitrogens with two attached hydrogens (primary N) is 1. The molecule has 1 saturated carbocycles. The fraction of sp³-hybridized carbons (Fsp3) is 0.600. The van der Waals surface area contributed by atoms with Gasteiger partial charge in [0.15, 0.2) is 0 Å². The Morgan fingerprint density at radius 2 is 1.89 bits per heavy atom.